The average Bonchev–Trinajstić information content (AvgIpc) is 2.27. The number of hydrogen-bond acceptors (Lipinski definition) is 3. The highest BCUT2D eigenvalue weighted by Crippen LogP contribution is 2.14. The van der Waals surface area contributed by atoms with Crippen LogP contribution in [-0.2, 0) is 9.47 Å². The molecule has 1 unspecified atom stereocenters. The fraction of sp³-hybridized carbons (Fsp3) is 1.00. The van der Waals surface area contributed by atoms with E-state index in [0.29, 0.717) is 32.1 Å². The topological polar surface area (TPSA) is 21.7 Å². The maximum atomic E-state index is 11.8. The molecular formula is C10H17ClF3NO2. The minimum Gasteiger partial charge on any atom is -0.378 e. The first-order valence-electron chi connectivity index (χ1n) is 5.55. The third-order valence-electron chi connectivity index (χ3n) is 2.53. The molecule has 0 bridgehead atoms. The Bertz CT molecular complexity index is 216. The van der Waals surface area contributed by atoms with Gasteiger partial charge in [-0.1, -0.05) is 0 Å². The Hall–Kier alpha value is -0.0400. The summed E-state index contributed by atoms with van der Waals surface area (Å²) in [7, 11) is 0. The third kappa shape index (κ3) is 6.45. The van der Waals surface area contributed by atoms with Gasteiger partial charge in [0, 0.05) is 31.6 Å². The lowest BCUT2D eigenvalue weighted by Gasteiger charge is -2.34. The van der Waals surface area contributed by atoms with Crippen LogP contribution < -0.4 is 0 Å². The molecule has 17 heavy (non-hydrogen) atoms. The molecule has 1 aliphatic heterocycles. The van der Waals surface area contributed by atoms with Gasteiger partial charge in [-0.3, -0.25) is 4.90 Å². The van der Waals surface area contributed by atoms with E-state index in [2.05, 4.69) is 9.64 Å². The average molecular weight is 276 g/mol. The smallest absolute Gasteiger partial charge is 0.378 e. The van der Waals surface area contributed by atoms with Gasteiger partial charge in [-0.05, 0) is 6.42 Å². The molecule has 1 atom stereocenters. The molecule has 0 radical (unpaired) electrons. The molecule has 0 N–H and O–H groups in total. The van der Waals surface area contributed by atoms with Crippen molar-refractivity contribution in [3.05, 3.63) is 0 Å². The van der Waals surface area contributed by atoms with E-state index in [-0.39, 0.29) is 12.6 Å². The van der Waals surface area contributed by atoms with Crippen LogP contribution in [0.25, 0.3) is 0 Å². The summed E-state index contributed by atoms with van der Waals surface area (Å²) in [6, 6.07) is 0.160. The van der Waals surface area contributed by atoms with Crippen molar-refractivity contribution in [2.24, 2.45) is 0 Å². The van der Waals surface area contributed by atoms with E-state index < -0.39 is 12.8 Å². The van der Waals surface area contributed by atoms with E-state index in [0.717, 1.165) is 6.54 Å². The molecule has 0 aromatic carbocycles. The lowest BCUT2D eigenvalue weighted by Crippen LogP contribution is -2.47. The number of halogens is 4. The Labute approximate surface area is 104 Å². The van der Waals surface area contributed by atoms with Gasteiger partial charge in [-0.2, -0.15) is 13.2 Å². The number of nitrogens with zero attached hydrogens (tertiary/aromatic N) is 1. The van der Waals surface area contributed by atoms with Crippen LogP contribution in [-0.4, -0.2) is 62.5 Å². The first kappa shape index (κ1) is 15.0. The third-order valence-corrected chi connectivity index (χ3v) is 2.88. The molecule has 3 nitrogen and oxygen atoms in total. The first-order chi connectivity index (χ1) is 8.03. The van der Waals surface area contributed by atoms with Crippen molar-refractivity contribution in [3.63, 3.8) is 0 Å². The van der Waals surface area contributed by atoms with E-state index in [9.17, 15) is 13.2 Å². The summed E-state index contributed by atoms with van der Waals surface area (Å²) in [4.78, 5) is 2.13. The second-order valence-corrected chi connectivity index (χ2v) is 4.25. The summed E-state index contributed by atoms with van der Waals surface area (Å²) >= 11 is 5.77. The predicted octanol–water partition coefficient (Wildman–Crippen LogP) is 1.89. The fourth-order valence-corrected chi connectivity index (χ4v) is 1.97. The van der Waals surface area contributed by atoms with Gasteiger partial charge in [0.2, 0.25) is 0 Å². The van der Waals surface area contributed by atoms with E-state index in [4.69, 9.17) is 16.3 Å². The number of alkyl halides is 4. The Morgan fingerprint density at radius 3 is 2.82 bits per heavy atom. The van der Waals surface area contributed by atoms with Gasteiger partial charge in [0.05, 0.1) is 13.2 Å². The van der Waals surface area contributed by atoms with Crippen molar-refractivity contribution < 1.29 is 22.6 Å². The SMILES string of the molecule is FC(F)(F)COCCCN1CCOCC1CCl. The van der Waals surface area contributed by atoms with Gasteiger partial charge in [0.25, 0.3) is 0 Å². The van der Waals surface area contributed by atoms with Gasteiger partial charge < -0.3 is 9.47 Å². The molecule has 1 heterocycles. The van der Waals surface area contributed by atoms with Crippen LogP contribution in [0.5, 0.6) is 0 Å². The lowest BCUT2D eigenvalue weighted by molar-refractivity contribution is -0.174. The maximum absolute atomic E-state index is 11.8. The van der Waals surface area contributed by atoms with Crippen LogP contribution in [0.1, 0.15) is 6.42 Å². The zero-order chi connectivity index (χ0) is 12.7. The molecule has 0 aromatic rings. The summed E-state index contributed by atoms with van der Waals surface area (Å²) in [5, 5.41) is 0. The van der Waals surface area contributed by atoms with E-state index in [1.807, 2.05) is 0 Å². The maximum Gasteiger partial charge on any atom is 0.411 e. The summed E-state index contributed by atoms with van der Waals surface area (Å²) in [5.41, 5.74) is 0. The molecule has 0 aromatic heterocycles. The standard InChI is InChI=1S/C10H17ClF3NO2/c11-6-9-7-16-5-3-15(9)2-1-4-17-8-10(12,13)14/h9H,1-8H2. The molecule has 0 saturated carbocycles. The lowest BCUT2D eigenvalue weighted by atomic mass is 10.2. The highest BCUT2D eigenvalue weighted by atomic mass is 35.5. The van der Waals surface area contributed by atoms with Crippen molar-refractivity contribution in [1.82, 2.24) is 4.90 Å². The molecular weight excluding hydrogens is 259 g/mol. The van der Waals surface area contributed by atoms with Crippen molar-refractivity contribution in [2.45, 2.75) is 18.6 Å². The number of morpholine rings is 1. The van der Waals surface area contributed by atoms with Gasteiger partial charge in [0.1, 0.15) is 6.61 Å². The normalized spacial score (nSPS) is 22.9. The molecule has 0 amide bonds. The Morgan fingerprint density at radius 1 is 1.41 bits per heavy atom. The minimum absolute atomic E-state index is 0.117. The van der Waals surface area contributed by atoms with Crippen molar-refractivity contribution in [3.8, 4) is 0 Å². The summed E-state index contributed by atoms with van der Waals surface area (Å²) in [5.74, 6) is 0.476. The number of ether oxygens (including phenoxy) is 2. The first-order valence-corrected chi connectivity index (χ1v) is 6.08. The zero-order valence-electron chi connectivity index (χ0n) is 9.51. The highest BCUT2D eigenvalue weighted by Gasteiger charge is 2.27. The van der Waals surface area contributed by atoms with Gasteiger partial charge in [-0.15, -0.1) is 11.6 Å². The van der Waals surface area contributed by atoms with Crippen molar-refractivity contribution >= 4 is 11.6 Å². The van der Waals surface area contributed by atoms with E-state index >= 15 is 0 Å². The molecule has 7 heteroatoms. The second-order valence-electron chi connectivity index (χ2n) is 3.94. The summed E-state index contributed by atoms with van der Waals surface area (Å²) < 4.78 is 45.2. The zero-order valence-corrected chi connectivity index (χ0v) is 10.3. The minimum atomic E-state index is -4.24. The van der Waals surface area contributed by atoms with Crippen LogP contribution in [0.3, 0.4) is 0 Å². The predicted molar refractivity (Wildman–Crippen MR) is 58.4 cm³/mol. The van der Waals surface area contributed by atoms with Crippen LogP contribution in [0.15, 0.2) is 0 Å². The molecule has 102 valence electrons. The van der Waals surface area contributed by atoms with Crippen molar-refractivity contribution in [2.75, 3.05) is 45.4 Å². The van der Waals surface area contributed by atoms with Crippen LogP contribution in [0.4, 0.5) is 13.2 Å². The quantitative estimate of drug-likeness (QED) is 0.546. The molecule has 0 aliphatic carbocycles. The van der Waals surface area contributed by atoms with Crippen molar-refractivity contribution in [1.29, 1.82) is 0 Å². The molecule has 0 spiro atoms. The van der Waals surface area contributed by atoms with Crippen LogP contribution in [0.2, 0.25) is 0 Å². The number of hydrogen-bond donors (Lipinski definition) is 0. The van der Waals surface area contributed by atoms with Gasteiger partial charge in [0.15, 0.2) is 0 Å². The summed E-state index contributed by atoms with van der Waals surface area (Å²) in [6.07, 6.45) is -3.67. The Kier molecular flexibility index (Phi) is 6.54. The molecule has 1 rings (SSSR count). The Balaban J connectivity index is 2.08. The fourth-order valence-electron chi connectivity index (χ4n) is 1.68. The van der Waals surface area contributed by atoms with E-state index in [1.165, 1.54) is 0 Å². The molecule has 1 aliphatic rings. The Morgan fingerprint density at radius 2 is 2.18 bits per heavy atom. The number of rotatable bonds is 6. The van der Waals surface area contributed by atoms with Gasteiger partial charge >= 0.3 is 6.18 Å². The molecule has 1 fully saturated rings. The largest absolute Gasteiger partial charge is 0.411 e. The van der Waals surface area contributed by atoms with Gasteiger partial charge in [-0.25, -0.2) is 0 Å². The van der Waals surface area contributed by atoms with Crippen LogP contribution >= 0.6 is 11.6 Å². The molecule has 1 saturated heterocycles. The van der Waals surface area contributed by atoms with E-state index in [1.54, 1.807) is 0 Å². The monoisotopic (exact) mass is 275 g/mol. The van der Waals surface area contributed by atoms with Crippen LogP contribution in [0, 0.1) is 0 Å². The highest BCUT2D eigenvalue weighted by molar-refractivity contribution is 6.18. The summed E-state index contributed by atoms with van der Waals surface area (Å²) in [6.45, 7) is 1.65. The second kappa shape index (κ2) is 7.41.